The Hall–Kier alpha value is -3.88. The quantitative estimate of drug-likeness (QED) is 0.274. The van der Waals surface area contributed by atoms with Gasteiger partial charge in [-0.2, -0.15) is 0 Å². The van der Waals surface area contributed by atoms with E-state index in [0.29, 0.717) is 0 Å². The first-order chi connectivity index (χ1) is 15.8. The van der Waals surface area contributed by atoms with Gasteiger partial charge in [0.1, 0.15) is 0 Å². The standard InChI is InChI=1S/C30H20NSi/c32-26-17-15-22(16-18-26)28-11-6-12-29-30(23-8-2-1-3-9-23)27(20-31(28)29)25-14-13-21-7-4-5-10-24(21)19-25/h1-20H. The van der Waals surface area contributed by atoms with Crippen LogP contribution in [0.3, 0.4) is 0 Å². The topological polar surface area (TPSA) is 4.41 Å². The van der Waals surface area contributed by atoms with E-state index in [1.165, 1.54) is 49.8 Å². The van der Waals surface area contributed by atoms with E-state index < -0.39 is 0 Å². The second-order valence-corrected chi connectivity index (χ2v) is 8.67. The highest BCUT2D eigenvalue weighted by Gasteiger charge is 2.16. The van der Waals surface area contributed by atoms with Crippen LogP contribution in [-0.4, -0.2) is 14.6 Å². The fourth-order valence-corrected chi connectivity index (χ4v) is 4.72. The van der Waals surface area contributed by atoms with Crippen LogP contribution in [0.25, 0.3) is 49.8 Å². The fraction of sp³-hybridized carbons (Fsp3) is 0. The van der Waals surface area contributed by atoms with Crippen LogP contribution in [0.15, 0.2) is 121 Å². The maximum Gasteiger partial charge on any atom is 0.0711 e. The zero-order valence-electron chi connectivity index (χ0n) is 17.5. The summed E-state index contributed by atoms with van der Waals surface area (Å²) in [5.74, 6) is 0. The van der Waals surface area contributed by atoms with Crippen molar-refractivity contribution in [2.45, 2.75) is 0 Å². The molecule has 0 aliphatic rings. The Kier molecular flexibility index (Phi) is 4.52. The molecule has 2 aromatic heterocycles. The molecular formula is C30H20NSi. The van der Waals surface area contributed by atoms with E-state index in [9.17, 15) is 0 Å². The number of fused-ring (bicyclic) bond motifs is 2. The van der Waals surface area contributed by atoms with Crippen LogP contribution in [0.1, 0.15) is 0 Å². The zero-order chi connectivity index (χ0) is 21.5. The Balaban J connectivity index is 1.66. The first-order valence-corrected chi connectivity index (χ1v) is 11.3. The third-order valence-electron chi connectivity index (χ3n) is 6.11. The summed E-state index contributed by atoms with van der Waals surface area (Å²) in [6.45, 7) is 0. The summed E-state index contributed by atoms with van der Waals surface area (Å²) in [6.07, 6.45) is 2.29. The average Bonchev–Trinajstić information content (AvgIpc) is 3.25. The lowest BCUT2D eigenvalue weighted by atomic mass is 9.96. The Morgan fingerprint density at radius 1 is 0.531 bits per heavy atom. The summed E-state index contributed by atoms with van der Waals surface area (Å²) < 4.78 is 2.33. The minimum absolute atomic E-state index is 1.08. The van der Waals surface area contributed by atoms with Gasteiger partial charge in [-0.25, -0.2) is 0 Å². The van der Waals surface area contributed by atoms with Crippen LogP contribution in [0, 0.1) is 0 Å². The molecule has 4 aromatic carbocycles. The van der Waals surface area contributed by atoms with E-state index >= 15 is 0 Å². The van der Waals surface area contributed by atoms with Gasteiger partial charge >= 0.3 is 0 Å². The molecule has 0 spiro atoms. The number of benzene rings is 4. The molecule has 0 saturated carbocycles. The lowest BCUT2D eigenvalue weighted by Gasteiger charge is -2.08. The summed E-state index contributed by atoms with van der Waals surface area (Å²) in [5, 5.41) is 3.60. The van der Waals surface area contributed by atoms with E-state index in [0.717, 1.165) is 5.19 Å². The van der Waals surface area contributed by atoms with Crippen molar-refractivity contribution < 1.29 is 0 Å². The molecule has 0 aliphatic heterocycles. The molecule has 0 unspecified atom stereocenters. The van der Waals surface area contributed by atoms with Crippen molar-refractivity contribution in [3.63, 3.8) is 0 Å². The van der Waals surface area contributed by atoms with Crippen molar-refractivity contribution in [1.29, 1.82) is 0 Å². The van der Waals surface area contributed by atoms with Gasteiger partial charge in [-0.05, 0) is 45.7 Å². The van der Waals surface area contributed by atoms with Crippen molar-refractivity contribution in [3.8, 4) is 33.5 Å². The Labute approximate surface area is 191 Å². The molecule has 0 atom stereocenters. The lowest BCUT2D eigenvalue weighted by molar-refractivity contribution is 1.21. The largest absolute Gasteiger partial charge is 0.315 e. The van der Waals surface area contributed by atoms with Crippen molar-refractivity contribution in [2.75, 3.05) is 0 Å². The monoisotopic (exact) mass is 422 g/mol. The molecule has 32 heavy (non-hydrogen) atoms. The van der Waals surface area contributed by atoms with Crippen LogP contribution in [-0.2, 0) is 0 Å². The van der Waals surface area contributed by atoms with E-state index in [1.54, 1.807) is 0 Å². The summed E-state index contributed by atoms with van der Waals surface area (Å²) in [6, 6.07) is 41.1. The van der Waals surface area contributed by atoms with Gasteiger partial charge in [0, 0.05) is 17.3 Å². The van der Waals surface area contributed by atoms with Gasteiger partial charge in [0.05, 0.1) is 21.5 Å². The SMILES string of the molecule is [Si]c1ccc(-c2cccc3c(-c4ccccc4)c(-c4ccc5ccccc5c4)cn23)cc1. The van der Waals surface area contributed by atoms with E-state index in [-0.39, 0.29) is 0 Å². The molecule has 3 radical (unpaired) electrons. The van der Waals surface area contributed by atoms with Crippen molar-refractivity contribution in [2.24, 2.45) is 0 Å². The molecule has 0 saturated heterocycles. The smallest absolute Gasteiger partial charge is 0.0711 e. The molecule has 2 heteroatoms. The molecule has 0 N–H and O–H groups in total. The number of aromatic nitrogens is 1. The Bertz CT molecular complexity index is 1560. The maximum atomic E-state index is 3.61. The molecule has 1 nitrogen and oxygen atoms in total. The summed E-state index contributed by atoms with van der Waals surface area (Å²) >= 11 is 0. The molecule has 0 amide bonds. The van der Waals surface area contributed by atoms with Crippen LogP contribution in [0.4, 0.5) is 0 Å². The molecule has 6 rings (SSSR count). The van der Waals surface area contributed by atoms with Crippen LogP contribution in [0.2, 0.25) is 0 Å². The molecule has 0 bridgehead atoms. The van der Waals surface area contributed by atoms with E-state index in [4.69, 9.17) is 0 Å². The van der Waals surface area contributed by atoms with Crippen molar-refractivity contribution in [1.82, 2.24) is 4.40 Å². The first-order valence-electron chi connectivity index (χ1n) is 10.8. The lowest BCUT2D eigenvalue weighted by Crippen LogP contribution is -2.00. The zero-order valence-corrected chi connectivity index (χ0v) is 18.5. The normalized spacial score (nSPS) is 11.3. The van der Waals surface area contributed by atoms with Crippen LogP contribution >= 0.6 is 0 Å². The predicted molar refractivity (Wildman–Crippen MR) is 137 cm³/mol. The van der Waals surface area contributed by atoms with Crippen molar-refractivity contribution in [3.05, 3.63) is 121 Å². The summed E-state index contributed by atoms with van der Waals surface area (Å²) in [7, 11) is 3.61. The second-order valence-electron chi connectivity index (χ2n) is 8.09. The van der Waals surface area contributed by atoms with E-state index in [2.05, 4.69) is 136 Å². The number of nitrogens with zero attached hydrogens (tertiary/aromatic N) is 1. The minimum Gasteiger partial charge on any atom is -0.315 e. The first kappa shape index (κ1) is 18.9. The van der Waals surface area contributed by atoms with Gasteiger partial charge in [-0.15, -0.1) is 0 Å². The Morgan fingerprint density at radius 2 is 1.25 bits per heavy atom. The van der Waals surface area contributed by atoms with Crippen LogP contribution in [0.5, 0.6) is 0 Å². The predicted octanol–water partition coefficient (Wildman–Crippen LogP) is 6.89. The third-order valence-corrected chi connectivity index (χ3v) is 6.45. The fourth-order valence-electron chi connectivity index (χ4n) is 4.56. The molecule has 149 valence electrons. The molecule has 6 aromatic rings. The van der Waals surface area contributed by atoms with Crippen molar-refractivity contribution >= 4 is 31.7 Å². The van der Waals surface area contributed by atoms with E-state index in [1.807, 2.05) is 0 Å². The minimum atomic E-state index is 1.08. The number of hydrogen-bond acceptors (Lipinski definition) is 0. The summed E-state index contributed by atoms with van der Waals surface area (Å²) in [5.41, 5.74) is 8.54. The molecule has 0 fully saturated rings. The highest BCUT2D eigenvalue weighted by atomic mass is 28.1. The van der Waals surface area contributed by atoms with Gasteiger partial charge < -0.3 is 4.40 Å². The maximum absolute atomic E-state index is 3.61. The summed E-state index contributed by atoms with van der Waals surface area (Å²) in [4.78, 5) is 0. The number of hydrogen-bond donors (Lipinski definition) is 0. The number of rotatable bonds is 3. The van der Waals surface area contributed by atoms with Gasteiger partial charge in [0.15, 0.2) is 0 Å². The van der Waals surface area contributed by atoms with Gasteiger partial charge in [-0.3, -0.25) is 0 Å². The van der Waals surface area contributed by atoms with Gasteiger partial charge in [-0.1, -0.05) is 102 Å². The molecular weight excluding hydrogens is 402 g/mol. The van der Waals surface area contributed by atoms with Gasteiger partial charge in [0.2, 0.25) is 0 Å². The highest BCUT2D eigenvalue weighted by Crippen LogP contribution is 2.39. The Morgan fingerprint density at radius 3 is 2.06 bits per heavy atom. The third kappa shape index (κ3) is 3.17. The molecule has 0 aliphatic carbocycles. The highest BCUT2D eigenvalue weighted by molar-refractivity contribution is 6.32. The van der Waals surface area contributed by atoms with Crippen LogP contribution < -0.4 is 5.19 Å². The number of pyridine rings is 1. The van der Waals surface area contributed by atoms with Gasteiger partial charge in [0.25, 0.3) is 0 Å². The second kappa shape index (κ2) is 7.67. The average molecular weight is 423 g/mol. The molecule has 2 heterocycles.